The molecule has 0 aromatic carbocycles. The van der Waals surface area contributed by atoms with Crippen molar-refractivity contribution in [1.82, 2.24) is 0 Å². The monoisotopic (exact) mass is 232 g/mol. The minimum absolute atomic E-state index is 0.968. The molecule has 0 radical (unpaired) electrons. The topological polar surface area (TPSA) is 0 Å². The summed E-state index contributed by atoms with van der Waals surface area (Å²) >= 11 is 0. The molecule has 0 saturated heterocycles. The number of fused-ring (bicyclic) bond motifs is 1. The Balaban J connectivity index is 1.75. The van der Waals surface area contributed by atoms with E-state index in [9.17, 15) is 0 Å². The fraction of sp³-hybridized carbons (Fsp3) is 0.882. The summed E-state index contributed by atoms with van der Waals surface area (Å²) in [4.78, 5) is 0. The molecule has 0 nitrogen and oxygen atoms in total. The Morgan fingerprint density at radius 1 is 0.941 bits per heavy atom. The molecule has 3 rings (SSSR count). The van der Waals surface area contributed by atoms with E-state index in [4.69, 9.17) is 0 Å². The van der Waals surface area contributed by atoms with Gasteiger partial charge >= 0.3 is 0 Å². The van der Waals surface area contributed by atoms with E-state index in [1.54, 1.807) is 0 Å². The van der Waals surface area contributed by atoms with Crippen LogP contribution in [-0.2, 0) is 0 Å². The summed E-state index contributed by atoms with van der Waals surface area (Å²) in [6, 6.07) is 0. The van der Waals surface area contributed by atoms with Crippen molar-refractivity contribution in [2.75, 3.05) is 0 Å². The normalized spacial score (nSPS) is 46.5. The second kappa shape index (κ2) is 4.78. The van der Waals surface area contributed by atoms with Crippen LogP contribution in [0.2, 0.25) is 0 Å². The first kappa shape index (κ1) is 11.8. The maximum atomic E-state index is 2.58. The van der Waals surface area contributed by atoms with Crippen LogP contribution in [0.3, 0.4) is 0 Å². The van der Waals surface area contributed by atoms with Gasteiger partial charge < -0.3 is 0 Å². The number of allylic oxidation sites excluding steroid dienone is 2. The summed E-state index contributed by atoms with van der Waals surface area (Å²) in [7, 11) is 0. The first-order valence-electron chi connectivity index (χ1n) is 7.96. The quantitative estimate of drug-likeness (QED) is 0.545. The highest BCUT2D eigenvalue weighted by Crippen LogP contribution is 2.50. The summed E-state index contributed by atoms with van der Waals surface area (Å²) in [5.74, 6) is 5.06. The van der Waals surface area contributed by atoms with E-state index in [2.05, 4.69) is 19.9 Å². The van der Waals surface area contributed by atoms with Gasteiger partial charge in [0.15, 0.2) is 0 Å². The standard InChI is InChI=1S/C17H28/c1-12-6-5-9-15(12)17-11-10-14-7-3-4-8-16(14)13(17)2/h7,12-13,15-17H,3-6,8-11H2,1-2H3. The van der Waals surface area contributed by atoms with Gasteiger partial charge in [-0.05, 0) is 68.1 Å². The molecule has 2 fully saturated rings. The summed E-state index contributed by atoms with van der Waals surface area (Å²) in [6.07, 6.45) is 14.4. The summed E-state index contributed by atoms with van der Waals surface area (Å²) in [5.41, 5.74) is 1.84. The van der Waals surface area contributed by atoms with Gasteiger partial charge in [-0.3, -0.25) is 0 Å². The molecule has 17 heavy (non-hydrogen) atoms. The highest BCUT2D eigenvalue weighted by molar-refractivity contribution is 5.15. The van der Waals surface area contributed by atoms with Crippen molar-refractivity contribution in [1.29, 1.82) is 0 Å². The van der Waals surface area contributed by atoms with E-state index in [0.29, 0.717) is 0 Å². The molecule has 0 amide bonds. The Labute approximate surface area is 107 Å². The van der Waals surface area contributed by atoms with Crippen LogP contribution in [0.4, 0.5) is 0 Å². The van der Waals surface area contributed by atoms with Gasteiger partial charge in [0, 0.05) is 0 Å². The molecule has 5 atom stereocenters. The van der Waals surface area contributed by atoms with Crippen LogP contribution in [-0.4, -0.2) is 0 Å². The van der Waals surface area contributed by atoms with Crippen molar-refractivity contribution in [3.05, 3.63) is 11.6 Å². The molecule has 0 aliphatic heterocycles. The van der Waals surface area contributed by atoms with Crippen molar-refractivity contribution in [2.45, 2.75) is 65.2 Å². The Kier molecular flexibility index (Phi) is 3.32. The molecular weight excluding hydrogens is 204 g/mol. The van der Waals surface area contributed by atoms with Gasteiger partial charge in [-0.2, -0.15) is 0 Å². The van der Waals surface area contributed by atoms with Gasteiger partial charge in [-0.25, -0.2) is 0 Å². The number of hydrogen-bond acceptors (Lipinski definition) is 0. The van der Waals surface area contributed by atoms with Crippen LogP contribution in [0.25, 0.3) is 0 Å². The van der Waals surface area contributed by atoms with Crippen LogP contribution in [0.15, 0.2) is 11.6 Å². The van der Waals surface area contributed by atoms with Crippen molar-refractivity contribution in [3.63, 3.8) is 0 Å². The summed E-state index contributed by atoms with van der Waals surface area (Å²) in [5, 5.41) is 0. The summed E-state index contributed by atoms with van der Waals surface area (Å²) in [6.45, 7) is 5.08. The lowest BCUT2D eigenvalue weighted by molar-refractivity contribution is 0.120. The van der Waals surface area contributed by atoms with Crippen molar-refractivity contribution < 1.29 is 0 Å². The van der Waals surface area contributed by atoms with Gasteiger partial charge in [0.2, 0.25) is 0 Å². The molecule has 0 aromatic rings. The van der Waals surface area contributed by atoms with Crippen LogP contribution >= 0.6 is 0 Å². The van der Waals surface area contributed by atoms with Gasteiger partial charge in [0.25, 0.3) is 0 Å². The van der Waals surface area contributed by atoms with Crippen molar-refractivity contribution in [2.24, 2.45) is 29.6 Å². The van der Waals surface area contributed by atoms with Crippen LogP contribution in [0.1, 0.15) is 65.2 Å². The zero-order valence-corrected chi connectivity index (χ0v) is 11.6. The van der Waals surface area contributed by atoms with Gasteiger partial charge in [-0.15, -0.1) is 0 Å². The average molecular weight is 232 g/mol. The molecule has 0 heterocycles. The second-order valence-corrected chi connectivity index (χ2v) is 6.95. The molecule has 5 unspecified atom stereocenters. The molecule has 3 aliphatic rings. The third-order valence-electron chi connectivity index (χ3n) is 6.16. The first-order valence-corrected chi connectivity index (χ1v) is 7.96. The van der Waals surface area contributed by atoms with E-state index < -0.39 is 0 Å². The molecule has 2 saturated carbocycles. The smallest absolute Gasteiger partial charge is 0.0175 e. The van der Waals surface area contributed by atoms with Gasteiger partial charge in [-0.1, -0.05) is 38.3 Å². The maximum absolute atomic E-state index is 2.58. The van der Waals surface area contributed by atoms with E-state index in [1.807, 2.05) is 5.57 Å². The molecule has 0 bridgehead atoms. The zero-order chi connectivity index (χ0) is 11.8. The van der Waals surface area contributed by atoms with Crippen molar-refractivity contribution in [3.8, 4) is 0 Å². The maximum Gasteiger partial charge on any atom is -0.0175 e. The van der Waals surface area contributed by atoms with Gasteiger partial charge in [0.05, 0.1) is 0 Å². The van der Waals surface area contributed by atoms with E-state index in [0.717, 1.165) is 29.6 Å². The Bertz CT molecular complexity index is 301. The van der Waals surface area contributed by atoms with Crippen LogP contribution in [0.5, 0.6) is 0 Å². The number of hydrogen-bond donors (Lipinski definition) is 0. The predicted molar refractivity (Wildman–Crippen MR) is 73.8 cm³/mol. The fourth-order valence-corrected chi connectivity index (χ4v) is 5.16. The Morgan fingerprint density at radius 2 is 1.82 bits per heavy atom. The molecule has 0 aromatic heterocycles. The lowest BCUT2D eigenvalue weighted by Gasteiger charge is -2.43. The van der Waals surface area contributed by atoms with Gasteiger partial charge in [0.1, 0.15) is 0 Å². The Morgan fingerprint density at radius 3 is 2.59 bits per heavy atom. The number of rotatable bonds is 1. The lowest BCUT2D eigenvalue weighted by atomic mass is 9.62. The second-order valence-electron chi connectivity index (χ2n) is 6.95. The lowest BCUT2D eigenvalue weighted by Crippen LogP contribution is -2.34. The average Bonchev–Trinajstić information content (AvgIpc) is 2.76. The van der Waals surface area contributed by atoms with E-state index in [1.165, 1.54) is 51.4 Å². The highest BCUT2D eigenvalue weighted by Gasteiger charge is 2.40. The highest BCUT2D eigenvalue weighted by atomic mass is 14.5. The first-order chi connectivity index (χ1) is 8.27. The molecule has 96 valence electrons. The molecular formula is C17H28. The van der Waals surface area contributed by atoms with Crippen molar-refractivity contribution >= 4 is 0 Å². The largest absolute Gasteiger partial charge is 0.0850 e. The molecule has 0 N–H and O–H groups in total. The predicted octanol–water partition coefficient (Wildman–Crippen LogP) is 5.20. The van der Waals surface area contributed by atoms with E-state index >= 15 is 0 Å². The third-order valence-corrected chi connectivity index (χ3v) is 6.16. The molecule has 0 heteroatoms. The third kappa shape index (κ3) is 2.09. The van der Waals surface area contributed by atoms with E-state index in [-0.39, 0.29) is 0 Å². The molecule has 0 spiro atoms. The minimum atomic E-state index is 0.968. The fourth-order valence-electron chi connectivity index (χ4n) is 5.16. The minimum Gasteiger partial charge on any atom is -0.0850 e. The van der Waals surface area contributed by atoms with Crippen LogP contribution < -0.4 is 0 Å². The summed E-state index contributed by atoms with van der Waals surface area (Å²) < 4.78 is 0. The van der Waals surface area contributed by atoms with Crippen LogP contribution in [0, 0.1) is 29.6 Å². The SMILES string of the molecule is CC1CCCC1C1CCC2=CCCCC2C1C. The Hall–Kier alpha value is -0.260. The molecule has 3 aliphatic carbocycles. The zero-order valence-electron chi connectivity index (χ0n) is 11.6.